The Morgan fingerprint density at radius 2 is 1.79 bits per heavy atom. The molecule has 0 saturated heterocycles. The zero-order valence-corrected chi connectivity index (χ0v) is 8.46. The van der Waals surface area contributed by atoms with E-state index in [-0.39, 0.29) is 10.0 Å². The van der Waals surface area contributed by atoms with Crippen molar-refractivity contribution in [2.45, 2.75) is 13.3 Å². The van der Waals surface area contributed by atoms with Crippen molar-refractivity contribution in [1.82, 2.24) is 0 Å². The summed E-state index contributed by atoms with van der Waals surface area (Å²) in [6, 6.07) is 2.47. The lowest BCUT2D eigenvalue weighted by Gasteiger charge is -2.11. The number of rotatable bonds is 1. The zero-order chi connectivity index (χ0) is 10.9. The molecule has 0 atom stereocenters. The van der Waals surface area contributed by atoms with E-state index in [1.807, 2.05) is 0 Å². The number of hydrogen-bond donors (Lipinski definition) is 0. The molecule has 1 rings (SSSR count). The van der Waals surface area contributed by atoms with Gasteiger partial charge in [-0.1, -0.05) is 23.2 Å². The second-order valence-corrected chi connectivity index (χ2v) is 3.40. The second kappa shape index (κ2) is 3.87. The molecule has 0 aromatic heterocycles. The quantitative estimate of drug-likeness (QED) is 0.720. The Hall–Kier alpha value is -0.610. The topological polar surface area (TPSA) is 9.23 Å². The first-order valence-corrected chi connectivity index (χ1v) is 4.26. The largest absolute Gasteiger partial charge is 0.573 e. The molecular weight excluding hydrogens is 240 g/mol. The fourth-order valence-corrected chi connectivity index (χ4v) is 1.30. The van der Waals surface area contributed by atoms with Gasteiger partial charge in [0.15, 0.2) is 0 Å². The molecule has 0 aliphatic carbocycles. The Morgan fingerprint density at radius 3 is 2.29 bits per heavy atom. The van der Waals surface area contributed by atoms with Gasteiger partial charge in [0.25, 0.3) is 0 Å². The van der Waals surface area contributed by atoms with E-state index in [0.29, 0.717) is 5.56 Å². The molecule has 78 valence electrons. The van der Waals surface area contributed by atoms with Crippen molar-refractivity contribution >= 4 is 23.2 Å². The summed E-state index contributed by atoms with van der Waals surface area (Å²) >= 11 is 11.1. The molecular formula is C8H5Cl2F3O. The summed E-state index contributed by atoms with van der Waals surface area (Å²) in [7, 11) is 0. The van der Waals surface area contributed by atoms with Crippen LogP contribution < -0.4 is 4.74 Å². The monoisotopic (exact) mass is 244 g/mol. The fraction of sp³-hybridized carbons (Fsp3) is 0.250. The van der Waals surface area contributed by atoms with Crippen LogP contribution in [-0.4, -0.2) is 6.36 Å². The van der Waals surface area contributed by atoms with Crippen LogP contribution in [0, 0.1) is 6.92 Å². The summed E-state index contributed by atoms with van der Waals surface area (Å²) in [6.07, 6.45) is -4.76. The van der Waals surface area contributed by atoms with Crippen LogP contribution in [0.4, 0.5) is 13.2 Å². The van der Waals surface area contributed by atoms with Crippen LogP contribution in [0.3, 0.4) is 0 Å². The van der Waals surface area contributed by atoms with Crippen LogP contribution in [0.5, 0.6) is 5.75 Å². The Labute approximate surface area is 88.4 Å². The number of halogens is 5. The van der Waals surface area contributed by atoms with Crippen LogP contribution in [-0.2, 0) is 0 Å². The molecule has 0 spiro atoms. The first-order valence-electron chi connectivity index (χ1n) is 3.51. The van der Waals surface area contributed by atoms with Gasteiger partial charge in [-0.2, -0.15) is 0 Å². The molecule has 0 aliphatic heterocycles. The number of alkyl halides is 3. The molecule has 0 N–H and O–H groups in total. The Bertz CT molecular complexity index is 349. The van der Waals surface area contributed by atoms with Gasteiger partial charge < -0.3 is 4.74 Å². The van der Waals surface area contributed by atoms with E-state index in [0.717, 1.165) is 6.07 Å². The highest BCUT2D eigenvalue weighted by Crippen LogP contribution is 2.34. The third-order valence-corrected chi connectivity index (χ3v) is 2.11. The van der Waals surface area contributed by atoms with E-state index in [9.17, 15) is 13.2 Å². The SMILES string of the molecule is Cc1cc(Cl)cc(OC(F)(F)F)c1Cl. The summed E-state index contributed by atoms with van der Waals surface area (Å²) in [5.74, 6) is -0.482. The Balaban J connectivity index is 3.09. The molecule has 14 heavy (non-hydrogen) atoms. The molecule has 0 bridgehead atoms. The van der Waals surface area contributed by atoms with Crippen molar-refractivity contribution < 1.29 is 17.9 Å². The van der Waals surface area contributed by atoms with E-state index in [2.05, 4.69) is 4.74 Å². The normalized spacial score (nSPS) is 11.6. The van der Waals surface area contributed by atoms with Crippen LogP contribution in [0.1, 0.15) is 5.56 Å². The van der Waals surface area contributed by atoms with Gasteiger partial charge in [-0.05, 0) is 18.6 Å². The fourth-order valence-electron chi connectivity index (χ4n) is 0.894. The maximum Gasteiger partial charge on any atom is 0.573 e. The molecule has 0 unspecified atom stereocenters. The summed E-state index contributed by atoms with van der Waals surface area (Å²) < 4.78 is 39.3. The van der Waals surface area contributed by atoms with E-state index in [1.165, 1.54) is 13.0 Å². The number of ether oxygens (including phenoxy) is 1. The van der Waals surface area contributed by atoms with Crippen molar-refractivity contribution in [1.29, 1.82) is 0 Å². The molecule has 6 heteroatoms. The number of hydrogen-bond acceptors (Lipinski definition) is 1. The summed E-state index contributed by atoms with van der Waals surface area (Å²) in [5, 5.41) is 0.0536. The number of aryl methyl sites for hydroxylation is 1. The van der Waals surface area contributed by atoms with Crippen molar-refractivity contribution in [3.8, 4) is 5.75 Å². The minimum Gasteiger partial charge on any atom is -0.404 e. The number of benzene rings is 1. The second-order valence-electron chi connectivity index (χ2n) is 2.58. The van der Waals surface area contributed by atoms with Gasteiger partial charge in [0.05, 0.1) is 5.02 Å². The molecule has 1 aromatic carbocycles. The predicted molar refractivity (Wildman–Crippen MR) is 47.9 cm³/mol. The van der Waals surface area contributed by atoms with E-state index < -0.39 is 12.1 Å². The van der Waals surface area contributed by atoms with Crippen LogP contribution in [0.15, 0.2) is 12.1 Å². The third kappa shape index (κ3) is 2.96. The van der Waals surface area contributed by atoms with Gasteiger partial charge in [0.1, 0.15) is 5.75 Å². The van der Waals surface area contributed by atoms with Gasteiger partial charge in [0, 0.05) is 11.1 Å². The average Bonchev–Trinajstić information content (AvgIpc) is 1.96. The first-order chi connectivity index (χ1) is 6.29. The lowest BCUT2D eigenvalue weighted by atomic mass is 10.2. The average molecular weight is 245 g/mol. The van der Waals surface area contributed by atoms with Crippen molar-refractivity contribution in [3.05, 3.63) is 27.7 Å². The van der Waals surface area contributed by atoms with Crippen LogP contribution in [0.2, 0.25) is 10.0 Å². The molecule has 0 amide bonds. The van der Waals surface area contributed by atoms with E-state index >= 15 is 0 Å². The highest BCUT2D eigenvalue weighted by atomic mass is 35.5. The van der Waals surface area contributed by atoms with Gasteiger partial charge >= 0.3 is 6.36 Å². The molecule has 0 saturated carbocycles. The van der Waals surface area contributed by atoms with Gasteiger partial charge in [-0.3, -0.25) is 0 Å². The molecule has 0 radical (unpaired) electrons. The lowest BCUT2D eigenvalue weighted by molar-refractivity contribution is -0.274. The summed E-state index contributed by atoms with van der Waals surface area (Å²) in [5.41, 5.74) is 0.429. The van der Waals surface area contributed by atoms with Crippen molar-refractivity contribution in [2.75, 3.05) is 0 Å². The molecule has 0 fully saturated rings. The molecule has 1 aromatic rings. The van der Waals surface area contributed by atoms with Gasteiger partial charge in [-0.15, -0.1) is 13.2 Å². The molecule has 1 nitrogen and oxygen atoms in total. The molecule has 0 heterocycles. The summed E-state index contributed by atoms with van der Waals surface area (Å²) in [6.45, 7) is 1.54. The minimum absolute atomic E-state index is 0.0910. The van der Waals surface area contributed by atoms with Gasteiger partial charge in [-0.25, -0.2) is 0 Å². The van der Waals surface area contributed by atoms with E-state index in [1.54, 1.807) is 0 Å². The zero-order valence-electron chi connectivity index (χ0n) is 6.95. The molecule has 0 aliphatic rings. The Kier molecular flexibility index (Phi) is 3.17. The van der Waals surface area contributed by atoms with Crippen LogP contribution >= 0.6 is 23.2 Å². The van der Waals surface area contributed by atoms with E-state index in [4.69, 9.17) is 23.2 Å². The standard InChI is InChI=1S/C8H5Cl2F3O/c1-4-2-5(9)3-6(7(4)10)14-8(11,12)13/h2-3H,1H3. The maximum atomic E-state index is 11.9. The highest BCUT2D eigenvalue weighted by molar-refractivity contribution is 6.34. The summed E-state index contributed by atoms with van der Waals surface area (Å²) in [4.78, 5) is 0. The van der Waals surface area contributed by atoms with Gasteiger partial charge in [0.2, 0.25) is 0 Å². The van der Waals surface area contributed by atoms with Crippen molar-refractivity contribution in [3.63, 3.8) is 0 Å². The smallest absolute Gasteiger partial charge is 0.404 e. The lowest BCUT2D eigenvalue weighted by Crippen LogP contribution is -2.17. The minimum atomic E-state index is -4.76. The van der Waals surface area contributed by atoms with Crippen molar-refractivity contribution in [2.24, 2.45) is 0 Å². The third-order valence-electron chi connectivity index (χ3n) is 1.41. The predicted octanol–water partition coefficient (Wildman–Crippen LogP) is 4.20. The maximum absolute atomic E-state index is 11.9. The first kappa shape index (κ1) is 11.5. The van der Waals surface area contributed by atoms with Crippen LogP contribution in [0.25, 0.3) is 0 Å². The Morgan fingerprint density at radius 1 is 1.21 bits per heavy atom. The highest BCUT2D eigenvalue weighted by Gasteiger charge is 2.32.